The van der Waals surface area contributed by atoms with E-state index in [0.29, 0.717) is 6.42 Å². The maximum Gasteiger partial charge on any atom is 0.347 e. The van der Waals surface area contributed by atoms with Gasteiger partial charge < -0.3 is 9.47 Å². The summed E-state index contributed by atoms with van der Waals surface area (Å²) in [5.74, 6) is -1.52. The van der Waals surface area contributed by atoms with Gasteiger partial charge in [0.2, 0.25) is 6.36 Å². The second-order valence-electron chi connectivity index (χ2n) is 7.35. The van der Waals surface area contributed by atoms with Gasteiger partial charge in [-0.2, -0.15) is 5.26 Å². The lowest BCUT2D eigenvalue weighted by Gasteiger charge is -2.38. The molecule has 6 heteroatoms. The Morgan fingerprint density at radius 3 is 2.59 bits per heavy atom. The van der Waals surface area contributed by atoms with E-state index in [4.69, 9.17) is 14.7 Å². The number of alkyl halides is 1. The summed E-state index contributed by atoms with van der Waals surface area (Å²) in [6, 6.07) is 11.5. The first kappa shape index (κ1) is 20.8. The zero-order valence-corrected chi connectivity index (χ0v) is 16.3. The topological polar surface area (TPSA) is 59.3 Å². The fraction of sp³-hybridized carbons (Fsp3) is 0.391. The number of hydrogen-bond acceptors (Lipinski definition) is 4. The third-order valence-electron chi connectivity index (χ3n) is 5.64. The Labute approximate surface area is 169 Å². The molecular weight excluding hydrogens is 376 g/mol. The van der Waals surface area contributed by atoms with Crippen LogP contribution in [0.2, 0.25) is 0 Å². The smallest absolute Gasteiger partial charge is 0.347 e. The number of para-hydroxylation sites is 1. The molecule has 1 atom stereocenters. The number of hydrogen-bond donors (Lipinski definition) is 0. The average molecular weight is 399 g/mol. The van der Waals surface area contributed by atoms with Crippen LogP contribution in [0.4, 0.5) is 8.78 Å². The summed E-state index contributed by atoms with van der Waals surface area (Å²) in [5, 5.41) is 8.79. The number of nitriles is 1. The van der Waals surface area contributed by atoms with Crippen LogP contribution in [0.1, 0.15) is 61.4 Å². The number of rotatable bonds is 6. The maximum atomic E-state index is 15.2. The molecule has 3 rings (SSSR count). The number of benzene rings is 2. The fourth-order valence-corrected chi connectivity index (χ4v) is 3.78. The molecule has 2 aromatic rings. The first-order valence-electron chi connectivity index (χ1n) is 9.80. The molecule has 29 heavy (non-hydrogen) atoms. The lowest BCUT2D eigenvalue weighted by atomic mass is 9.72. The van der Waals surface area contributed by atoms with E-state index in [1.165, 1.54) is 24.3 Å². The van der Waals surface area contributed by atoms with Gasteiger partial charge >= 0.3 is 5.97 Å². The molecule has 0 saturated heterocycles. The van der Waals surface area contributed by atoms with Crippen LogP contribution >= 0.6 is 0 Å². The molecule has 1 aliphatic carbocycles. The number of nitrogens with zero attached hydrogens (tertiary/aromatic N) is 1. The van der Waals surface area contributed by atoms with Crippen LogP contribution in [0.5, 0.6) is 11.5 Å². The molecule has 0 aliphatic heterocycles. The Morgan fingerprint density at radius 1 is 1.21 bits per heavy atom. The van der Waals surface area contributed by atoms with Gasteiger partial charge in [-0.05, 0) is 43.5 Å². The third kappa shape index (κ3) is 4.56. The molecule has 0 heterocycles. The highest BCUT2D eigenvalue weighted by atomic mass is 19.1. The summed E-state index contributed by atoms with van der Waals surface area (Å²) in [5.41, 5.74) is -0.640. The third-order valence-corrected chi connectivity index (χ3v) is 5.64. The van der Waals surface area contributed by atoms with E-state index in [0.717, 1.165) is 38.2 Å². The summed E-state index contributed by atoms with van der Waals surface area (Å²) in [6.45, 7) is 1.96. The van der Waals surface area contributed by atoms with Crippen molar-refractivity contribution < 1.29 is 23.0 Å². The van der Waals surface area contributed by atoms with Crippen LogP contribution in [0.15, 0.2) is 42.5 Å². The molecule has 1 fully saturated rings. The van der Waals surface area contributed by atoms with E-state index in [1.54, 1.807) is 18.2 Å². The first-order chi connectivity index (χ1) is 14.0. The molecule has 0 N–H and O–H groups in total. The molecule has 4 nitrogen and oxygen atoms in total. The van der Waals surface area contributed by atoms with E-state index in [2.05, 4.69) is 0 Å². The standard InChI is InChI=1S/C23H23F2NO3/c1-2-23(12-6-3-7-13-23)22(25)29-20-9-5-4-8-18(20)21(27)28-17-11-10-16(15-26)19(24)14-17/h4-5,8-11,14,22H,2-3,6-7,12-13H2,1H3. The quantitative estimate of drug-likeness (QED) is 0.445. The van der Waals surface area contributed by atoms with Crippen molar-refractivity contribution >= 4 is 5.97 Å². The molecule has 1 unspecified atom stereocenters. The Kier molecular flexibility index (Phi) is 6.48. The van der Waals surface area contributed by atoms with E-state index < -0.39 is 23.6 Å². The molecule has 1 aliphatic rings. The van der Waals surface area contributed by atoms with Crippen LogP contribution in [0.3, 0.4) is 0 Å². The van der Waals surface area contributed by atoms with Crippen molar-refractivity contribution in [2.24, 2.45) is 5.41 Å². The monoisotopic (exact) mass is 399 g/mol. The molecule has 0 bridgehead atoms. The average Bonchev–Trinajstić information content (AvgIpc) is 2.74. The summed E-state index contributed by atoms with van der Waals surface area (Å²) < 4.78 is 39.8. The van der Waals surface area contributed by atoms with Gasteiger partial charge in [0.05, 0.1) is 5.56 Å². The molecule has 2 aromatic carbocycles. The van der Waals surface area contributed by atoms with Crippen LogP contribution < -0.4 is 9.47 Å². The van der Waals surface area contributed by atoms with E-state index in [-0.39, 0.29) is 22.6 Å². The molecular formula is C23H23F2NO3. The van der Waals surface area contributed by atoms with E-state index in [1.807, 2.05) is 6.92 Å². The Bertz CT molecular complexity index is 917. The Morgan fingerprint density at radius 2 is 1.93 bits per heavy atom. The first-order valence-corrected chi connectivity index (χ1v) is 9.80. The lowest BCUT2D eigenvalue weighted by Crippen LogP contribution is -2.38. The SMILES string of the molecule is CCC1(C(F)Oc2ccccc2C(=O)Oc2ccc(C#N)c(F)c2)CCCCC1. The summed E-state index contributed by atoms with van der Waals surface area (Å²) in [7, 11) is 0. The largest absolute Gasteiger partial charge is 0.459 e. The van der Waals surface area contributed by atoms with Crippen molar-refractivity contribution in [1.82, 2.24) is 0 Å². The summed E-state index contributed by atoms with van der Waals surface area (Å²) >= 11 is 0. The summed E-state index contributed by atoms with van der Waals surface area (Å²) in [4.78, 5) is 12.6. The minimum absolute atomic E-state index is 0.0459. The van der Waals surface area contributed by atoms with E-state index in [9.17, 15) is 9.18 Å². The number of ether oxygens (including phenoxy) is 2. The predicted molar refractivity (Wildman–Crippen MR) is 104 cm³/mol. The van der Waals surface area contributed by atoms with Gasteiger partial charge in [0.15, 0.2) is 0 Å². The van der Waals surface area contributed by atoms with Crippen molar-refractivity contribution in [2.45, 2.75) is 51.8 Å². The van der Waals surface area contributed by atoms with Gasteiger partial charge in [-0.25, -0.2) is 13.6 Å². The Hall–Kier alpha value is -2.94. The molecule has 0 radical (unpaired) electrons. The molecule has 1 saturated carbocycles. The highest BCUT2D eigenvalue weighted by molar-refractivity contribution is 5.94. The lowest BCUT2D eigenvalue weighted by molar-refractivity contribution is -0.0760. The second-order valence-corrected chi connectivity index (χ2v) is 7.35. The summed E-state index contributed by atoms with van der Waals surface area (Å²) in [6.07, 6.45) is 3.65. The zero-order valence-electron chi connectivity index (χ0n) is 16.3. The number of esters is 1. The van der Waals surface area contributed by atoms with Crippen LogP contribution in [-0.4, -0.2) is 12.3 Å². The van der Waals surface area contributed by atoms with Crippen LogP contribution in [0.25, 0.3) is 0 Å². The fourth-order valence-electron chi connectivity index (χ4n) is 3.78. The van der Waals surface area contributed by atoms with Crippen LogP contribution in [-0.2, 0) is 0 Å². The number of carbonyl (C=O) groups is 1. The highest BCUT2D eigenvalue weighted by Crippen LogP contribution is 2.44. The maximum absolute atomic E-state index is 15.2. The Balaban J connectivity index is 1.78. The second kappa shape index (κ2) is 9.04. The number of carbonyl (C=O) groups excluding carboxylic acids is 1. The van der Waals surface area contributed by atoms with Crippen molar-refractivity contribution in [3.05, 3.63) is 59.4 Å². The van der Waals surface area contributed by atoms with Gasteiger partial charge in [-0.1, -0.05) is 38.3 Å². The number of halogens is 2. The van der Waals surface area contributed by atoms with Gasteiger partial charge in [-0.3, -0.25) is 0 Å². The minimum Gasteiger partial charge on any atom is -0.459 e. The van der Waals surface area contributed by atoms with Crippen LogP contribution in [0, 0.1) is 22.6 Å². The van der Waals surface area contributed by atoms with Gasteiger partial charge in [0, 0.05) is 11.5 Å². The molecule has 0 amide bonds. The normalized spacial score (nSPS) is 16.5. The minimum atomic E-state index is -1.53. The van der Waals surface area contributed by atoms with Crippen molar-refractivity contribution in [2.75, 3.05) is 0 Å². The van der Waals surface area contributed by atoms with Crippen molar-refractivity contribution in [1.29, 1.82) is 5.26 Å². The molecule has 152 valence electrons. The van der Waals surface area contributed by atoms with Crippen molar-refractivity contribution in [3.8, 4) is 17.6 Å². The highest BCUT2D eigenvalue weighted by Gasteiger charge is 2.40. The predicted octanol–water partition coefficient (Wildman–Crippen LogP) is 5.95. The van der Waals surface area contributed by atoms with Gasteiger partial charge in [0.1, 0.15) is 28.9 Å². The zero-order chi connectivity index (χ0) is 20.9. The van der Waals surface area contributed by atoms with Gasteiger partial charge in [0.25, 0.3) is 0 Å². The van der Waals surface area contributed by atoms with Crippen molar-refractivity contribution in [3.63, 3.8) is 0 Å². The van der Waals surface area contributed by atoms with Gasteiger partial charge in [-0.15, -0.1) is 0 Å². The molecule has 0 aromatic heterocycles. The van der Waals surface area contributed by atoms with E-state index >= 15 is 4.39 Å². The molecule has 0 spiro atoms.